The summed E-state index contributed by atoms with van der Waals surface area (Å²) in [7, 11) is 2.62. The van der Waals surface area contributed by atoms with Crippen molar-refractivity contribution in [1.82, 2.24) is 4.31 Å². The molecule has 0 fully saturated rings. The van der Waals surface area contributed by atoms with Gasteiger partial charge < -0.3 is 14.2 Å². The molecule has 7 nitrogen and oxygen atoms in total. The van der Waals surface area contributed by atoms with Crippen LogP contribution in [0.1, 0.15) is 15.9 Å². The second-order valence-electron chi connectivity index (χ2n) is 5.24. The van der Waals surface area contributed by atoms with Gasteiger partial charge in [0.15, 0.2) is 0 Å². The summed E-state index contributed by atoms with van der Waals surface area (Å²) in [5.41, 5.74) is 1.00. The number of carbonyl (C=O) groups is 2. The van der Waals surface area contributed by atoms with Gasteiger partial charge in [-0.2, -0.15) is 0 Å². The fourth-order valence-electron chi connectivity index (χ4n) is 2.25. The molecular weight excluding hydrogens is 485 g/mol. The summed E-state index contributed by atoms with van der Waals surface area (Å²) in [5.74, 6) is 0.329. The second-order valence-corrected chi connectivity index (χ2v) is 7.11. The molecule has 0 atom stereocenters. The first-order chi connectivity index (χ1) is 13.1. The molecule has 144 valence electrons. The minimum Gasteiger partial charge on any atom is -0.468 e. The summed E-state index contributed by atoms with van der Waals surface area (Å²) in [5, 5.41) is 0. The van der Waals surface area contributed by atoms with Crippen LogP contribution in [-0.4, -0.2) is 37.0 Å². The van der Waals surface area contributed by atoms with E-state index < -0.39 is 11.9 Å². The lowest BCUT2D eigenvalue weighted by atomic mass is 10.1. The van der Waals surface area contributed by atoms with Crippen molar-refractivity contribution in [3.05, 3.63) is 59.7 Å². The molecule has 0 aromatic heterocycles. The van der Waals surface area contributed by atoms with Crippen LogP contribution in [0, 0.1) is 0 Å². The number of benzene rings is 2. The van der Waals surface area contributed by atoms with Crippen LogP contribution in [0.15, 0.2) is 48.5 Å². The van der Waals surface area contributed by atoms with Crippen LogP contribution >= 0.6 is 35.2 Å². The monoisotopic (exact) mass is 503 g/mol. The first kappa shape index (κ1) is 21.5. The van der Waals surface area contributed by atoms with E-state index in [1.54, 1.807) is 45.5 Å². The molecule has 0 saturated heterocycles. The van der Waals surface area contributed by atoms with Crippen LogP contribution < -0.4 is 4.74 Å². The van der Waals surface area contributed by atoms with Crippen molar-refractivity contribution in [2.45, 2.75) is 6.54 Å². The Kier molecular flexibility index (Phi) is 8.85. The predicted octanol–water partition coefficient (Wildman–Crippen LogP) is 4.17. The molecule has 0 aliphatic carbocycles. The van der Waals surface area contributed by atoms with Crippen LogP contribution in [0.3, 0.4) is 0 Å². The molecule has 0 aliphatic heterocycles. The second kappa shape index (κ2) is 11.1. The number of esters is 2. The van der Waals surface area contributed by atoms with Crippen molar-refractivity contribution in [3.63, 3.8) is 0 Å². The number of para-hydroxylation sites is 1. The van der Waals surface area contributed by atoms with Gasteiger partial charge in [0, 0.05) is 6.54 Å². The molecule has 0 N–H and O–H groups in total. The molecule has 0 saturated carbocycles. The van der Waals surface area contributed by atoms with E-state index in [9.17, 15) is 9.59 Å². The zero-order chi connectivity index (χ0) is 19.6. The maximum Gasteiger partial charge on any atom is 0.338 e. The lowest BCUT2D eigenvalue weighted by Crippen LogP contribution is -2.25. The van der Waals surface area contributed by atoms with Gasteiger partial charge in [-0.05, 0) is 35.9 Å². The van der Waals surface area contributed by atoms with Crippen LogP contribution in [0.2, 0.25) is 0 Å². The summed E-state index contributed by atoms with van der Waals surface area (Å²) in [6.07, 6.45) is 0. The van der Waals surface area contributed by atoms with Crippen molar-refractivity contribution >= 4 is 47.2 Å². The summed E-state index contributed by atoms with van der Waals surface area (Å²) < 4.78 is 22.0. The Morgan fingerprint density at radius 1 is 1.04 bits per heavy atom. The fourth-order valence-corrected chi connectivity index (χ4v) is 3.36. The molecule has 0 bridgehead atoms. The lowest BCUT2D eigenvalue weighted by Gasteiger charge is -2.19. The van der Waals surface area contributed by atoms with Crippen molar-refractivity contribution in [2.75, 3.05) is 20.8 Å². The van der Waals surface area contributed by atoms with Crippen molar-refractivity contribution in [2.24, 2.45) is 0 Å². The summed E-state index contributed by atoms with van der Waals surface area (Å²) in [6, 6.07) is 14.3. The third-order valence-corrected chi connectivity index (χ3v) is 4.48. The molecule has 2 aromatic rings. The first-order valence-electron chi connectivity index (χ1n) is 7.78. The average Bonchev–Trinajstić information content (AvgIpc) is 2.68. The number of carbonyl (C=O) groups excluding carboxylic acids is 2. The van der Waals surface area contributed by atoms with Gasteiger partial charge in [0.1, 0.15) is 41.0 Å². The Morgan fingerprint density at radius 2 is 1.78 bits per heavy atom. The van der Waals surface area contributed by atoms with E-state index >= 15 is 0 Å². The van der Waals surface area contributed by atoms with Crippen LogP contribution in [-0.2, 0) is 23.3 Å². The van der Waals surface area contributed by atoms with Gasteiger partial charge in [-0.15, -0.1) is 0 Å². The number of nitrogens with zero attached hydrogens (tertiary/aromatic N) is 1. The number of ether oxygens (including phenoxy) is 3. The Labute approximate surface area is 175 Å². The van der Waals surface area contributed by atoms with E-state index in [0.717, 1.165) is 12.2 Å². The zero-order valence-electron chi connectivity index (χ0n) is 14.7. The number of hydrogen-bond acceptors (Lipinski definition) is 8. The highest BCUT2D eigenvalue weighted by atomic mass is 127. The van der Waals surface area contributed by atoms with E-state index in [1.807, 2.05) is 30.3 Å². The maximum atomic E-state index is 12.1. The molecule has 2 rings (SSSR count). The van der Waals surface area contributed by atoms with Gasteiger partial charge in [0.05, 0.1) is 32.0 Å². The van der Waals surface area contributed by atoms with E-state index in [0.29, 0.717) is 22.6 Å². The van der Waals surface area contributed by atoms with Gasteiger partial charge in [-0.3, -0.25) is 4.79 Å². The minimum atomic E-state index is -0.477. The van der Waals surface area contributed by atoms with Gasteiger partial charge in [-0.25, -0.2) is 11.6 Å². The molecule has 0 aliphatic rings. The highest BCUT2D eigenvalue weighted by Crippen LogP contribution is 2.27. The molecule has 27 heavy (non-hydrogen) atoms. The van der Waals surface area contributed by atoms with Crippen molar-refractivity contribution in [3.8, 4) is 11.5 Å². The molecule has 0 unspecified atom stereocenters. The fraction of sp³-hybridized carbons (Fsp3) is 0.222. The summed E-state index contributed by atoms with van der Waals surface area (Å²) in [4.78, 5) is 23.7. The lowest BCUT2D eigenvalue weighted by molar-refractivity contribution is -0.140. The number of methoxy groups -OCH3 is 2. The van der Waals surface area contributed by atoms with E-state index in [-0.39, 0.29) is 13.1 Å². The van der Waals surface area contributed by atoms with Gasteiger partial charge in [0.25, 0.3) is 0 Å². The highest BCUT2D eigenvalue weighted by Gasteiger charge is 2.19. The summed E-state index contributed by atoms with van der Waals surface area (Å²) >= 11 is 2.69. The Bertz CT molecular complexity index is 774. The standard InChI is InChI=1S/C18H18INO6S/c1-23-17(21)12-20(27-26-19)11-13-10-15(8-9-16(13)18(22)24-2)25-14-6-4-3-5-7-14/h3-10H,11-12H2,1-2H3. The Hall–Kier alpha value is -1.82. The molecule has 9 heteroatoms. The predicted molar refractivity (Wildman–Crippen MR) is 109 cm³/mol. The maximum absolute atomic E-state index is 12.1. The quantitative estimate of drug-likeness (QED) is 0.219. The SMILES string of the molecule is COC(=O)CN(Cc1cc(Oc2ccccc2)ccc1C(=O)OC)SOI. The number of halogens is 1. The third-order valence-electron chi connectivity index (χ3n) is 3.47. The van der Waals surface area contributed by atoms with Crippen LogP contribution in [0.5, 0.6) is 11.5 Å². The molecule has 0 heterocycles. The van der Waals surface area contributed by atoms with Crippen molar-refractivity contribution < 1.29 is 26.3 Å². The largest absolute Gasteiger partial charge is 0.468 e. The summed E-state index contributed by atoms with van der Waals surface area (Å²) in [6.45, 7) is 0.216. The van der Waals surface area contributed by atoms with Gasteiger partial charge >= 0.3 is 11.9 Å². The zero-order valence-corrected chi connectivity index (χ0v) is 17.7. The van der Waals surface area contributed by atoms with Crippen molar-refractivity contribution in [1.29, 1.82) is 0 Å². The molecule has 0 radical (unpaired) electrons. The number of rotatable bonds is 9. The van der Waals surface area contributed by atoms with Gasteiger partial charge in [-0.1, -0.05) is 18.2 Å². The van der Waals surface area contributed by atoms with E-state index in [4.69, 9.17) is 16.7 Å². The molecule has 0 spiro atoms. The molecular formula is C18H18INO6S. The highest BCUT2D eigenvalue weighted by molar-refractivity contribution is 14.1. The average molecular weight is 503 g/mol. The smallest absolute Gasteiger partial charge is 0.338 e. The van der Waals surface area contributed by atoms with E-state index in [2.05, 4.69) is 0 Å². The Balaban J connectivity index is 2.29. The van der Waals surface area contributed by atoms with Crippen LogP contribution in [0.4, 0.5) is 0 Å². The van der Waals surface area contributed by atoms with Gasteiger partial charge in [0.2, 0.25) is 0 Å². The third kappa shape index (κ3) is 6.69. The Morgan fingerprint density at radius 3 is 2.41 bits per heavy atom. The normalized spacial score (nSPS) is 10.5. The molecule has 2 aromatic carbocycles. The first-order valence-corrected chi connectivity index (χ1v) is 9.36. The number of hydrogen-bond donors (Lipinski definition) is 0. The molecule has 0 amide bonds. The topological polar surface area (TPSA) is 74.3 Å². The minimum absolute atomic E-state index is 0.0193. The van der Waals surface area contributed by atoms with Crippen LogP contribution in [0.25, 0.3) is 0 Å². The van der Waals surface area contributed by atoms with E-state index in [1.165, 1.54) is 14.2 Å².